The molecule has 0 radical (unpaired) electrons. The van der Waals surface area contributed by atoms with Crippen molar-refractivity contribution in [1.29, 1.82) is 0 Å². The second kappa shape index (κ2) is 9.48. The van der Waals surface area contributed by atoms with Gasteiger partial charge in [-0.05, 0) is 58.7 Å². The van der Waals surface area contributed by atoms with Crippen molar-refractivity contribution in [3.8, 4) is 22.5 Å². The lowest BCUT2D eigenvalue weighted by molar-refractivity contribution is 0.0893. The fourth-order valence-corrected chi connectivity index (χ4v) is 5.57. The van der Waals surface area contributed by atoms with Gasteiger partial charge in [-0.3, -0.25) is 4.79 Å². The molecule has 4 rings (SSSR count). The molecule has 4 aromatic rings. The molecule has 1 aromatic carbocycles. The van der Waals surface area contributed by atoms with Crippen LogP contribution in [0.3, 0.4) is 0 Å². The molecule has 0 bridgehead atoms. The van der Waals surface area contributed by atoms with Gasteiger partial charge < -0.3 is 20.0 Å². The molecule has 3 N–H and O–H groups in total. The van der Waals surface area contributed by atoms with E-state index in [4.69, 9.17) is 10.5 Å². The maximum absolute atomic E-state index is 15.2. The van der Waals surface area contributed by atoms with Crippen molar-refractivity contribution < 1.29 is 13.9 Å². The summed E-state index contributed by atoms with van der Waals surface area (Å²) in [5.74, 6) is -1.08. The maximum Gasteiger partial charge on any atom is 0.252 e. The molecule has 0 spiro atoms. The Hall–Kier alpha value is -2.75. The zero-order valence-electron chi connectivity index (χ0n) is 19.7. The van der Waals surface area contributed by atoms with E-state index in [-0.39, 0.29) is 12.3 Å². The van der Waals surface area contributed by atoms with Crippen molar-refractivity contribution in [2.75, 3.05) is 6.61 Å². The van der Waals surface area contributed by atoms with E-state index in [0.717, 1.165) is 22.6 Å². The largest absolute Gasteiger partial charge is 0.365 e. The third-order valence-corrected chi connectivity index (χ3v) is 8.24. The van der Waals surface area contributed by atoms with Crippen LogP contribution in [0, 0.1) is 12.7 Å². The normalized spacial score (nSPS) is 11.9. The monoisotopic (exact) mass is 542 g/mol. The number of ether oxygens (including phenoxy) is 1. The van der Waals surface area contributed by atoms with Crippen LogP contribution >= 0.6 is 15.9 Å². The number of pyridine rings is 1. The van der Waals surface area contributed by atoms with E-state index in [1.807, 2.05) is 35.9 Å². The van der Waals surface area contributed by atoms with Gasteiger partial charge >= 0.3 is 0 Å². The summed E-state index contributed by atoms with van der Waals surface area (Å²) in [5.41, 5.74) is 9.74. The van der Waals surface area contributed by atoms with Crippen molar-refractivity contribution >= 4 is 40.9 Å². The Bertz CT molecular complexity index is 1370. The van der Waals surface area contributed by atoms with Gasteiger partial charge in [0.1, 0.15) is 18.2 Å². The molecule has 6 nitrogen and oxygen atoms in total. The highest BCUT2D eigenvalue weighted by Crippen LogP contribution is 2.43. The van der Waals surface area contributed by atoms with Crippen LogP contribution < -0.4 is 5.73 Å². The fourth-order valence-electron chi connectivity index (χ4n) is 4.00. The molecule has 0 fully saturated rings. The van der Waals surface area contributed by atoms with Crippen molar-refractivity contribution in [3.63, 3.8) is 0 Å². The number of amides is 1. The van der Waals surface area contributed by atoms with Gasteiger partial charge in [0.15, 0.2) is 0 Å². The Balaban J connectivity index is 1.96. The minimum absolute atomic E-state index is 0.141. The Morgan fingerprint density at radius 3 is 2.65 bits per heavy atom. The number of halogens is 2. The number of aromatic nitrogens is 3. The van der Waals surface area contributed by atoms with E-state index in [1.165, 1.54) is 6.07 Å². The lowest BCUT2D eigenvalue weighted by Crippen LogP contribution is -2.22. The average molecular weight is 544 g/mol. The number of hydrogen-bond donors (Lipinski definition) is 2. The number of nitrogens with one attached hydrogen (secondary N) is 1. The molecule has 1 amide bonds. The van der Waals surface area contributed by atoms with Gasteiger partial charge in [0.05, 0.1) is 21.4 Å². The summed E-state index contributed by atoms with van der Waals surface area (Å²) in [5, 5.41) is 0.871. The van der Waals surface area contributed by atoms with Gasteiger partial charge in [-0.1, -0.05) is 25.7 Å². The van der Waals surface area contributed by atoms with Crippen molar-refractivity contribution in [3.05, 3.63) is 64.1 Å². The first-order valence-corrected chi connectivity index (χ1v) is 15.6. The summed E-state index contributed by atoms with van der Waals surface area (Å²) in [4.78, 5) is 20.2. The van der Waals surface area contributed by atoms with Gasteiger partial charge in [0.2, 0.25) is 0 Å². The van der Waals surface area contributed by atoms with Crippen LogP contribution in [0.25, 0.3) is 33.5 Å². The smallest absolute Gasteiger partial charge is 0.252 e. The molecule has 3 heterocycles. The molecule has 178 valence electrons. The number of carbonyl (C=O) groups is 1. The van der Waals surface area contributed by atoms with Crippen molar-refractivity contribution in [2.45, 2.75) is 39.3 Å². The van der Waals surface area contributed by atoms with E-state index in [0.29, 0.717) is 33.7 Å². The molecule has 0 unspecified atom stereocenters. The van der Waals surface area contributed by atoms with E-state index in [2.05, 4.69) is 45.5 Å². The first-order valence-electron chi connectivity index (χ1n) is 11.1. The molecular weight excluding hydrogens is 515 g/mol. The third kappa shape index (κ3) is 4.73. The minimum Gasteiger partial charge on any atom is -0.365 e. The number of primary amides is 1. The highest BCUT2D eigenvalue weighted by atomic mass is 79.9. The number of rotatable bonds is 8. The van der Waals surface area contributed by atoms with Crippen molar-refractivity contribution in [1.82, 2.24) is 14.5 Å². The van der Waals surface area contributed by atoms with Crippen LogP contribution in [-0.2, 0) is 11.5 Å². The van der Waals surface area contributed by atoms with Crippen LogP contribution in [0.1, 0.15) is 15.9 Å². The Labute approximate surface area is 207 Å². The van der Waals surface area contributed by atoms with Gasteiger partial charge in [-0.2, -0.15) is 0 Å². The number of carbonyl (C=O) groups excluding carboxylic acids is 1. The number of aryl methyl sites for hydroxylation is 1. The molecule has 0 atom stereocenters. The molecule has 34 heavy (non-hydrogen) atoms. The SMILES string of the molecule is Cc1ccc(-c2c(C(N)=O)c(Br)c(-c3ccnc4[nH]ccc34)n2COCC[Si](C)(C)C)c(F)c1. The number of fused-ring (bicyclic) bond motifs is 1. The van der Waals surface area contributed by atoms with E-state index >= 15 is 4.39 Å². The second-order valence-electron chi connectivity index (χ2n) is 9.61. The Morgan fingerprint density at radius 2 is 1.97 bits per heavy atom. The van der Waals surface area contributed by atoms with E-state index in [1.54, 1.807) is 12.3 Å². The molecule has 9 heteroatoms. The van der Waals surface area contributed by atoms with E-state index < -0.39 is 19.8 Å². The topological polar surface area (TPSA) is 85.9 Å². The number of H-pyrrole nitrogens is 1. The first kappa shape index (κ1) is 24.4. The molecule has 0 aliphatic rings. The van der Waals surface area contributed by atoms with Crippen LogP contribution in [0.4, 0.5) is 4.39 Å². The summed E-state index contributed by atoms with van der Waals surface area (Å²) in [6.45, 7) is 9.39. The fraction of sp³-hybridized carbons (Fsp3) is 0.280. The molecule has 0 saturated carbocycles. The van der Waals surface area contributed by atoms with Gasteiger partial charge in [-0.15, -0.1) is 0 Å². The zero-order valence-corrected chi connectivity index (χ0v) is 22.3. The lowest BCUT2D eigenvalue weighted by atomic mass is 10.0. The average Bonchev–Trinajstić information content (AvgIpc) is 3.33. The third-order valence-electron chi connectivity index (χ3n) is 5.76. The summed E-state index contributed by atoms with van der Waals surface area (Å²) in [7, 11) is -1.31. The molecule has 0 aliphatic heterocycles. The zero-order chi connectivity index (χ0) is 24.6. The van der Waals surface area contributed by atoms with Crippen molar-refractivity contribution in [2.24, 2.45) is 5.73 Å². The predicted octanol–water partition coefficient (Wildman–Crippen LogP) is 6.32. The molecule has 3 aromatic heterocycles. The van der Waals surface area contributed by atoms with Crippen LogP contribution in [0.2, 0.25) is 25.7 Å². The number of aromatic amines is 1. The van der Waals surface area contributed by atoms with Crippen LogP contribution in [-0.4, -0.2) is 35.1 Å². The summed E-state index contributed by atoms with van der Waals surface area (Å²) in [6.07, 6.45) is 3.50. The highest BCUT2D eigenvalue weighted by Gasteiger charge is 2.29. The van der Waals surface area contributed by atoms with Crippen LogP contribution in [0.5, 0.6) is 0 Å². The van der Waals surface area contributed by atoms with Gasteiger partial charge in [-0.25, -0.2) is 9.37 Å². The van der Waals surface area contributed by atoms with Gasteiger partial charge in [0.25, 0.3) is 5.91 Å². The lowest BCUT2D eigenvalue weighted by Gasteiger charge is -2.19. The number of nitrogens with two attached hydrogens (primary N) is 1. The van der Waals surface area contributed by atoms with Crippen LogP contribution in [0.15, 0.2) is 47.2 Å². The summed E-state index contributed by atoms with van der Waals surface area (Å²) in [6, 6.07) is 9.72. The summed E-state index contributed by atoms with van der Waals surface area (Å²) >= 11 is 3.62. The molecule has 0 aliphatic carbocycles. The quantitative estimate of drug-likeness (QED) is 0.202. The Kier molecular flexibility index (Phi) is 6.79. The number of benzene rings is 1. The Morgan fingerprint density at radius 1 is 1.21 bits per heavy atom. The number of hydrogen-bond acceptors (Lipinski definition) is 3. The maximum atomic E-state index is 15.2. The molecular formula is C25H28BrFN4O2Si. The number of nitrogens with zero attached hydrogens (tertiary/aromatic N) is 2. The van der Waals surface area contributed by atoms with Gasteiger partial charge in [0, 0.05) is 43.6 Å². The second-order valence-corrected chi connectivity index (χ2v) is 16.0. The van der Waals surface area contributed by atoms with E-state index in [9.17, 15) is 4.79 Å². The minimum atomic E-state index is -1.31. The predicted molar refractivity (Wildman–Crippen MR) is 140 cm³/mol. The first-order chi connectivity index (χ1) is 16.1. The summed E-state index contributed by atoms with van der Waals surface area (Å²) < 4.78 is 23.7. The highest BCUT2D eigenvalue weighted by molar-refractivity contribution is 9.10. The molecule has 0 saturated heterocycles. The standard InChI is InChI=1S/C25H28BrFN4O2Si/c1-15-5-6-18(19(27)13-15)22-20(24(28)32)21(26)23(31(22)14-33-11-12-34(2,3)4)16-7-9-29-25-17(16)8-10-30-25/h5-10,13H,11-12,14H2,1-4H3,(H2,28,32)(H,29,30).